The molecule has 0 saturated heterocycles. The number of fused-ring (bicyclic) bond motifs is 1. The van der Waals surface area contributed by atoms with Gasteiger partial charge in [0.25, 0.3) is 0 Å². The summed E-state index contributed by atoms with van der Waals surface area (Å²) in [5.41, 5.74) is 2.18. The summed E-state index contributed by atoms with van der Waals surface area (Å²) in [4.78, 5) is 14.7. The number of carbonyl (C=O) groups is 1. The van der Waals surface area contributed by atoms with Crippen molar-refractivity contribution in [2.45, 2.75) is 26.4 Å². The predicted molar refractivity (Wildman–Crippen MR) is 85.8 cm³/mol. The zero-order chi connectivity index (χ0) is 15.7. The highest BCUT2D eigenvalue weighted by Crippen LogP contribution is 2.37. The molecule has 4 heteroatoms. The number of nitrogens with zero attached hydrogens (tertiary/aromatic N) is 2. The van der Waals surface area contributed by atoms with E-state index < -0.39 is 0 Å². The van der Waals surface area contributed by atoms with E-state index in [4.69, 9.17) is 4.74 Å². The highest BCUT2D eigenvalue weighted by atomic mass is 16.5. The summed E-state index contributed by atoms with van der Waals surface area (Å²) in [7, 11) is 1.68. The third kappa shape index (κ3) is 2.39. The van der Waals surface area contributed by atoms with Crippen molar-refractivity contribution >= 4 is 5.91 Å². The molecule has 0 N–H and O–H groups in total. The van der Waals surface area contributed by atoms with Crippen LogP contribution in [-0.2, 0) is 11.3 Å². The molecular formula is C18H22N2O2. The number of para-hydroxylation sites is 1. The van der Waals surface area contributed by atoms with E-state index in [9.17, 15) is 4.79 Å². The van der Waals surface area contributed by atoms with Gasteiger partial charge in [-0.05, 0) is 18.2 Å². The first kappa shape index (κ1) is 14.7. The third-order valence-corrected chi connectivity index (χ3v) is 4.25. The minimum atomic E-state index is -0.0881. The van der Waals surface area contributed by atoms with Gasteiger partial charge < -0.3 is 14.2 Å². The second-order valence-electron chi connectivity index (χ2n) is 5.96. The van der Waals surface area contributed by atoms with Crippen LogP contribution in [0.1, 0.15) is 31.1 Å². The highest BCUT2D eigenvalue weighted by molar-refractivity contribution is 5.79. The van der Waals surface area contributed by atoms with E-state index in [1.807, 2.05) is 49.1 Å². The summed E-state index contributed by atoms with van der Waals surface area (Å²) >= 11 is 0. The number of methoxy groups -OCH3 is 1. The lowest BCUT2D eigenvalue weighted by atomic mass is 9.97. The summed E-state index contributed by atoms with van der Waals surface area (Å²) in [6.45, 7) is 5.47. The van der Waals surface area contributed by atoms with Crippen molar-refractivity contribution < 1.29 is 9.53 Å². The molecule has 0 spiro atoms. The fourth-order valence-electron chi connectivity index (χ4n) is 3.17. The molecule has 2 aromatic rings. The van der Waals surface area contributed by atoms with Crippen LogP contribution < -0.4 is 4.74 Å². The molecule has 1 atom stereocenters. The molecule has 116 valence electrons. The number of hydrogen-bond donors (Lipinski definition) is 0. The summed E-state index contributed by atoms with van der Waals surface area (Å²) < 4.78 is 7.75. The largest absolute Gasteiger partial charge is 0.496 e. The summed E-state index contributed by atoms with van der Waals surface area (Å²) in [6, 6.07) is 12.0. The van der Waals surface area contributed by atoms with E-state index in [-0.39, 0.29) is 17.9 Å². The first-order valence-corrected chi connectivity index (χ1v) is 7.72. The molecule has 0 aliphatic carbocycles. The van der Waals surface area contributed by atoms with Crippen molar-refractivity contribution in [1.82, 2.24) is 9.47 Å². The Balaban J connectivity index is 2.12. The van der Waals surface area contributed by atoms with Crippen molar-refractivity contribution in [3.05, 3.63) is 53.9 Å². The Morgan fingerprint density at radius 3 is 2.68 bits per heavy atom. The minimum Gasteiger partial charge on any atom is -0.496 e. The summed E-state index contributed by atoms with van der Waals surface area (Å²) in [5.74, 6) is 0.991. The van der Waals surface area contributed by atoms with Crippen molar-refractivity contribution in [2.75, 3.05) is 13.7 Å². The van der Waals surface area contributed by atoms with Gasteiger partial charge in [0.1, 0.15) is 11.8 Å². The monoisotopic (exact) mass is 298 g/mol. The quantitative estimate of drug-likeness (QED) is 0.872. The predicted octanol–water partition coefficient (Wildman–Crippen LogP) is 3.08. The molecular weight excluding hydrogens is 276 g/mol. The minimum absolute atomic E-state index is 0.0151. The molecule has 0 saturated carbocycles. The maximum atomic E-state index is 12.7. The Bertz CT molecular complexity index is 675. The Labute approximate surface area is 131 Å². The second kappa shape index (κ2) is 5.87. The summed E-state index contributed by atoms with van der Waals surface area (Å²) in [5, 5.41) is 0. The summed E-state index contributed by atoms with van der Waals surface area (Å²) in [6.07, 6.45) is 2.08. The van der Waals surface area contributed by atoms with Gasteiger partial charge in [-0.25, -0.2) is 0 Å². The normalized spacial score (nSPS) is 17.5. The number of hydrogen-bond acceptors (Lipinski definition) is 2. The molecule has 22 heavy (non-hydrogen) atoms. The molecule has 1 amide bonds. The van der Waals surface area contributed by atoms with Crippen LogP contribution in [0.3, 0.4) is 0 Å². The lowest BCUT2D eigenvalue weighted by molar-refractivity contribution is -0.137. The average Bonchev–Trinajstić information content (AvgIpc) is 3.01. The van der Waals surface area contributed by atoms with Crippen LogP contribution in [0.4, 0.5) is 0 Å². The zero-order valence-electron chi connectivity index (χ0n) is 13.3. The maximum absolute atomic E-state index is 12.7. The van der Waals surface area contributed by atoms with Gasteiger partial charge in [-0.2, -0.15) is 0 Å². The molecule has 0 bridgehead atoms. The van der Waals surface area contributed by atoms with E-state index in [1.165, 1.54) is 0 Å². The maximum Gasteiger partial charge on any atom is 0.226 e. The molecule has 1 aromatic carbocycles. The number of ether oxygens (including phenoxy) is 1. The molecule has 1 aromatic heterocycles. The molecule has 0 radical (unpaired) electrons. The lowest BCUT2D eigenvalue weighted by Crippen LogP contribution is -2.44. The van der Waals surface area contributed by atoms with Gasteiger partial charge in [0, 0.05) is 36.5 Å². The lowest BCUT2D eigenvalue weighted by Gasteiger charge is -2.38. The van der Waals surface area contributed by atoms with Gasteiger partial charge in [0.15, 0.2) is 0 Å². The van der Waals surface area contributed by atoms with Gasteiger partial charge in [-0.1, -0.05) is 32.0 Å². The van der Waals surface area contributed by atoms with Gasteiger partial charge in [0.2, 0.25) is 5.91 Å². The van der Waals surface area contributed by atoms with Crippen LogP contribution in [0.15, 0.2) is 42.6 Å². The number of amides is 1. The fraction of sp³-hybridized carbons (Fsp3) is 0.389. The molecule has 3 rings (SSSR count). The van der Waals surface area contributed by atoms with Crippen molar-refractivity contribution in [2.24, 2.45) is 5.92 Å². The van der Waals surface area contributed by atoms with E-state index in [0.29, 0.717) is 0 Å². The van der Waals surface area contributed by atoms with E-state index in [0.717, 1.165) is 30.1 Å². The van der Waals surface area contributed by atoms with E-state index >= 15 is 0 Å². The molecule has 1 aliphatic rings. The van der Waals surface area contributed by atoms with Crippen LogP contribution in [-0.4, -0.2) is 29.0 Å². The standard InChI is InChI=1S/C18H22N2O2/c1-13(2)18(21)20-12-11-19-10-6-8-15(19)17(20)14-7-4-5-9-16(14)22-3/h4-10,13,17H,11-12H2,1-3H3/t17-/m1/s1. The van der Waals surface area contributed by atoms with Crippen LogP contribution in [0, 0.1) is 5.92 Å². The van der Waals surface area contributed by atoms with Gasteiger partial charge >= 0.3 is 0 Å². The molecule has 2 heterocycles. The Kier molecular flexibility index (Phi) is 3.92. The van der Waals surface area contributed by atoms with Gasteiger partial charge in [0.05, 0.1) is 7.11 Å². The second-order valence-corrected chi connectivity index (χ2v) is 5.96. The van der Waals surface area contributed by atoms with Crippen molar-refractivity contribution in [1.29, 1.82) is 0 Å². The number of aromatic nitrogens is 1. The van der Waals surface area contributed by atoms with Crippen molar-refractivity contribution in [3.8, 4) is 5.75 Å². The fourth-order valence-corrected chi connectivity index (χ4v) is 3.17. The number of rotatable bonds is 3. The Hall–Kier alpha value is -2.23. The third-order valence-electron chi connectivity index (χ3n) is 4.25. The smallest absolute Gasteiger partial charge is 0.226 e. The van der Waals surface area contributed by atoms with Gasteiger partial charge in [-0.15, -0.1) is 0 Å². The Morgan fingerprint density at radius 1 is 1.18 bits per heavy atom. The Morgan fingerprint density at radius 2 is 1.95 bits per heavy atom. The van der Waals surface area contributed by atoms with Crippen LogP contribution >= 0.6 is 0 Å². The van der Waals surface area contributed by atoms with E-state index in [2.05, 4.69) is 16.8 Å². The number of benzene rings is 1. The first-order valence-electron chi connectivity index (χ1n) is 7.72. The molecule has 0 unspecified atom stereocenters. The molecule has 4 nitrogen and oxygen atoms in total. The molecule has 1 aliphatic heterocycles. The zero-order valence-corrected chi connectivity index (χ0v) is 13.3. The first-order chi connectivity index (χ1) is 10.6. The van der Waals surface area contributed by atoms with Crippen molar-refractivity contribution in [3.63, 3.8) is 0 Å². The highest BCUT2D eigenvalue weighted by Gasteiger charge is 2.34. The van der Waals surface area contributed by atoms with Crippen LogP contribution in [0.2, 0.25) is 0 Å². The molecule has 0 fully saturated rings. The van der Waals surface area contributed by atoms with Gasteiger partial charge in [-0.3, -0.25) is 4.79 Å². The SMILES string of the molecule is COc1ccccc1[C@@H]1c2cccn2CCN1C(=O)C(C)C. The number of carbonyl (C=O) groups excluding carboxylic acids is 1. The topological polar surface area (TPSA) is 34.5 Å². The van der Waals surface area contributed by atoms with Crippen LogP contribution in [0.25, 0.3) is 0 Å². The van der Waals surface area contributed by atoms with E-state index in [1.54, 1.807) is 7.11 Å². The van der Waals surface area contributed by atoms with Crippen LogP contribution in [0.5, 0.6) is 5.75 Å². The average molecular weight is 298 g/mol.